The highest BCUT2D eigenvalue weighted by Gasteiger charge is 2.16. The SMILES string of the molecule is CNCCC(=O)Nc1cccc(OC2CCCC2)c1.Cl. The highest BCUT2D eigenvalue weighted by atomic mass is 35.5. The van der Waals surface area contributed by atoms with Crippen molar-refractivity contribution >= 4 is 24.0 Å². The van der Waals surface area contributed by atoms with Crippen molar-refractivity contribution in [3.63, 3.8) is 0 Å². The second-order valence-electron chi connectivity index (χ2n) is 4.95. The molecule has 0 aliphatic heterocycles. The Balaban J connectivity index is 0.00000200. The zero-order chi connectivity index (χ0) is 13.5. The molecule has 0 radical (unpaired) electrons. The van der Waals surface area contributed by atoms with Gasteiger partial charge < -0.3 is 15.4 Å². The summed E-state index contributed by atoms with van der Waals surface area (Å²) in [5.74, 6) is 0.866. The lowest BCUT2D eigenvalue weighted by molar-refractivity contribution is -0.116. The van der Waals surface area contributed by atoms with Crippen LogP contribution in [0.2, 0.25) is 0 Å². The number of halogens is 1. The standard InChI is InChI=1S/C15H22N2O2.ClH/c1-16-10-9-15(18)17-12-5-4-8-14(11-12)19-13-6-2-3-7-13;/h4-5,8,11,13,16H,2-3,6-7,9-10H2,1H3,(H,17,18);1H. The first-order valence-corrected chi connectivity index (χ1v) is 6.99. The second-order valence-corrected chi connectivity index (χ2v) is 4.95. The summed E-state index contributed by atoms with van der Waals surface area (Å²) >= 11 is 0. The first-order chi connectivity index (χ1) is 9.28. The minimum atomic E-state index is 0. The summed E-state index contributed by atoms with van der Waals surface area (Å²) in [6.07, 6.45) is 5.60. The van der Waals surface area contributed by atoms with E-state index in [0.717, 1.165) is 24.3 Å². The maximum Gasteiger partial charge on any atom is 0.225 e. The highest BCUT2D eigenvalue weighted by molar-refractivity contribution is 5.91. The number of carbonyl (C=O) groups is 1. The predicted octanol–water partition coefficient (Wildman–Crippen LogP) is 2.98. The van der Waals surface area contributed by atoms with Gasteiger partial charge in [0.15, 0.2) is 0 Å². The van der Waals surface area contributed by atoms with Gasteiger partial charge >= 0.3 is 0 Å². The molecule has 1 saturated carbocycles. The van der Waals surface area contributed by atoms with Crippen LogP contribution in [0.3, 0.4) is 0 Å². The average Bonchev–Trinajstić information content (AvgIpc) is 2.89. The van der Waals surface area contributed by atoms with Crippen LogP contribution in [-0.4, -0.2) is 25.6 Å². The maximum absolute atomic E-state index is 11.6. The monoisotopic (exact) mass is 298 g/mol. The number of rotatable bonds is 6. The Labute approximate surface area is 126 Å². The number of nitrogens with one attached hydrogen (secondary N) is 2. The number of anilines is 1. The third-order valence-electron chi connectivity index (χ3n) is 3.32. The van der Waals surface area contributed by atoms with E-state index in [9.17, 15) is 4.79 Å². The molecule has 1 fully saturated rings. The highest BCUT2D eigenvalue weighted by Crippen LogP contribution is 2.25. The Morgan fingerprint density at radius 2 is 2.10 bits per heavy atom. The van der Waals surface area contributed by atoms with Gasteiger partial charge in [0, 0.05) is 24.7 Å². The second kappa shape index (κ2) is 8.82. The molecule has 1 aromatic rings. The van der Waals surface area contributed by atoms with E-state index in [-0.39, 0.29) is 18.3 Å². The van der Waals surface area contributed by atoms with Gasteiger partial charge in [-0.2, -0.15) is 0 Å². The first-order valence-electron chi connectivity index (χ1n) is 6.99. The molecule has 0 aromatic heterocycles. The number of amides is 1. The molecule has 112 valence electrons. The maximum atomic E-state index is 11.6. The predicted molar refractivity (Wildman–Crippen MR) is 83.7 cm³/mol. The van der Waals surface area contributed by atoms with Crippen LogP contribution in [0.1, 0.15) is 32.1 Å². The Hall–Kier alpha value is -1.26. The van der Waals surface area contributed by atoms with Gasteiger partial charge in [0.1, 0.15) is 5.75 Å². The summed E-state index contributed by atoms with van der Waals surface area (Å²) in [6.45, 7) is 0.685. The molecule has 1 aliphatic rings. The van der Waals surface area contributed by atoms with E-state index in [1.165, 1.54) is 12.8 Å². The van der Waals surface area contributed by atoms with Crippen molar-refractivity contribution in [3.8, 4) is 5.75 Å². The fourth-order valence-electron chi connectivity index (χ4n) is 2.31. The molecule has 20 heavy (non-hydrogen) atoms. The topological polar surface area (TPSA) is 50.4 Å². The molecule has 0 heterocycles. The van der Waals surface area contributed by atoms with Crippen LogP contribution < -0.4 is 15.4 Å². The van der Waals surface area contributed by atoms with E-state index < -0.39 is 0 Å². The smallest absolute Gasteiger partial charge is 0.225 e. The Bertz CT molecular complexity index is 420. The van der Waals surface area contributed by atoms with E-state index in [1.807, 2.05) is 31.3 Å². The summed E-state index contributed by atoms with van der Waals surface area (Å²) in [7, 11) is 1.84. The van der Waals surface area contributed by atoms with Gasteiger partial charge in [-0.05, 0) is 44.9 Å². The molecule has 4 nitrogen and oxygen atoms in total. The minimum absolute atomic E-state index is 0. The molecule has 0 unspecified atom stereocenters. The van der Waals surface area contributed by atoms with Gasteiger partial charge in [-0.3, -0.25) is 4.79 Å². The molecule has 5 heteroatoms. The summed E-state index contributed by atoms with van der Waals surface area (Å²) in [5.41, 5.74) is 0.802. The van der Waals surface area contributed by atoms with E-state index in [1.54, 1.807) is 0 Å². The molecule has 2 rings (SSSR count). The number of benzene rings is 1. The van der Waals surface area contributed by atoms with Gasteiger partial charge in [0.2, 0.25) is 5.91 Å². The van der Waals surface area contributed by atoms with E-state index in [2.05, 4.69) is 10.6 Å². The zero-order valence-corrected chi connectivity index (χ0v) is 12.7. The van der Waals surface area contributed by atoms with Gasteiger partial charge in [-0.15, -0.1) is 12.4 Å². The van der Waals surface area contributed by atoms with Crippen LogP contribution in [0.15, 0.2) is 24.3 Å². The lowest BCUT2D eigenvalue weighted by atomic mass is 10.2. The van der Waals surface area contributed by atoms with Gasteiger partial charge in [-0.25, -0.2) is 0 Å². The van der Waals surface area contributed by atoms with E-state index in [4.69, 9.17) is 4.74 Å². The van der Waals surface area contributed by atoms with Crippen LogP contribution in [0, 0.1) is 0 Å². The third kappa shape index (κ3) is 5.39. The van der Waals surface area contributed by atoms with Crippen molar-refractivity contribution in [2.24, 2.45) is 0 Å². The van der Waals surface area contributed by atoms with E-state index in [0.29, 0.717) is 19.1 Å². The molecule has 0 atom stereocenters. The number of ether oxygens (including phenoxy) is 1. The average molecular weight is 299 g/mol. The normalized spacial score (nSPS) is 14.7. The van der Waals surface area contributed by atoms with Crippen molar-refractivity contribution in [2.45, 2.75) is 38.2 Å². The van der Waals surface area contributed by atoms with Gasteiger partial charge in [0.25, 0.3) is 0 Å². The quantitative estimate of drug-likeness (QED) is 0.849. The molecule has 1 aromatic carbocycles. The van der Waals surface area contributed by atoms with Crippen molar-refractivity contribution in [2.75, 3.05) is 18.9 Å². The van der Waals surface area contributed by atoms with E-state index >= 15 is 0 Å². The molecule has 0 spiro atoms. The van der Waals surface area contributed by atoms with Crippen LogP contribution in [-0.2, 0) is 4.79 Å². The van der Waals surface area contributed by atoms with Crippen molar-refractivity contribution in [1.29, 1.82) is 0 Å². The van der Waals surface area contributed by atoms with Crippen molar-refractivity contribution in [3.05, 3.63) is 24.3 Å². The van der Waals surface area contributed by atoms with Crippen LogP contribution >= 0.6 is 12.4 Å². The minimum Gasteiger partial charge on any atom is -0.490 e. The third-order valence-corrected chi connectivity index (χ3v) is 3.32. The molecule has 0 bridgehead atoms. The summed E-state index contributed by atoms with van der Waals surface area (Å²) in [5, 5.41) is 5.84. The van der Waals surface area contributed by atoms with Crippen LogP contribution in [0.5, 0.6) is 5.75 Å². The summed E-state index contributed by atoms with van der Waals surface area (Å²) < 4.78 is 5.92. The Morgan fingerprint density at radius 3 is 2.80 bits per heavy atom. The number of hydrogen-bond acceptors (Lipinski definition) is 3. The Kier molecular flexibility index (Phi) is 7.41. The molecule has 1 aliphatic carbocycles. The Morgan fingerprint density at radius 1 is 1.35 bits per heavy atom. The lowest BCUT2D eigenvalue weighted by Gasteiger charge is -2.14. The summed E-state index contributed by atoms with van der Waals surface area (Å²) in [4.78, 5) is 11.6. The number of carbonyl (C=O) groups excluding carboxylic acids is 1. The molecule has 0 saturated heterocycles. The lowest BCUT2D eigenvalue weighted by Crippen LogP contribution is -2.18. The van der Waals surface area contributed by atoms with Gasteiger partial charge in [-0.1, -0.05) is 6.07 Å². The molecule has 2 N–H and O–H groups in total. The first kappa shape index (κ1) is 16.8. The van der Waals surface area contributed by atoms with Crippen molar-refractivity contribution < 1.29 is 9.53 Å². The molecular formula is C15H23ClN2O2. The molecule has 1 amide bonds. The fraction of sp³-hybridized carbons (Fsp3) is 0.533. The molecular weight excluding hydrogens is 276 g/mol. The zero-order valence-electron chi connectivity index (χ0n) is 11.9. The van der Waals surface area contributed by atoms with Crippen LogP contribution in [0.4, 0.5) is 5.69 Å². The largest absolute Gasteiger partial charge is 0.490 e. The summed E-state index contributed by atoms with van der Waals surface area (Å²) in [6, 6.07) is 7.65. The van der Waals surface area contributed by atoms with Gasteiger partial charge in [0.05, 0.1) is 6.10 Å². The number of hydrogen-bond donors (Lipinski definition) is 2. The fourth-order valence-corrected chi connectivity index (χ4v) is 2.31. The van der Waals surface area contributed by atoms with Crippen LogP contribution in [0.25, 0.3) is 0 Å². The van der Waals surface area contributed by atoms with Crippen molar-refractivity contribution in [1.82, 2.24) is 5.32 Å².